The fourth-order valence-electron chi connectivity index (χ4n) is 3.49. The van der Waals surface area contributed by atoms with Gasteiger partial charge in [-0.15, -0.1) is 0 Å². The molecule has 154 valence electrons. The van der Waals surface area contributed by atoms with E-state index in [1.165, 1.54) is 17.7 Å². The van der Waals surface area contributed by atoms with Crippen LogP contribution in [0.3, 0.4) is 0 Å². The van der Waals surface area contributed by atoms with Crippen molar-refractivity contribution < 1.29 is 13.2 Å². The van der Waals surface area contributed by atoms with Crippen LogP contribution in [0.2, 0.25) is 0 Å². The number of aryl methyl sites for hydroxylation is 1. The molecule has 0 unspecified atom stereocenters. The predicted octanol–water partition coefficient (Wildman–Crippen LogP) is 3.13. The first kappa shape index (κ1) is 20.7. The van der Waals surface area contributed by atoms with Crippen LogP contribution in [-0.2, 0) is 19.8 Å². The Bertz CT molecular complexity index is 735. The Hall–Kier alpha value is -2.06. The molecule has 0 bridgehead atoms. The number of alkyl halides is 3. The maximum absolute atomic E-state index is 12.9. The van der Waals surface area contributed by atoms with E-state index in [0.29, 0.717) is 5.69 Å². The molecular formula is C20H28F3N5. The highest BCUT2D eigenvalue weighted by Gasteiger charge is 2.31. The van der Waals surface area contributed by atoms with E-state index in [-0.39, 0.29) is 0 Å². The maximum atomic E-state index is 12.9. The second kappa shape index (κ2) is 9.43. The van der Waals surface area contributed by atoms with E-state index in [0.717, 1.165) is 64.7 Å². The van der Waals surface area contributed by atoms with Crippen LogP contribution in [0.4, 0.5) is 18.9 Å². The van der Waals surface area contributed by atoms with Crippen LogP contribution in [-0.4, -0.2) is 53.9 Å². The van der Waals surface area contributed by atoms with Gasteiger partial charge in [-0.05, 0) is 44.1 Å². The van der Waals surface area contributed by atoms with E-state index < -0.39 is 11.7 Å². The highest BCUT2D eigenvalue weighted by molar-refractivity contribution is 5.49. The standard InChI is InChI=1S/C20H28F3N5/c1-26-16-17(15-25-26)14-24-7-2-3-8-27-9-11-28(12-10-27)19-6-4-5-18(13-19)20(21,22)23/h4-6,13,15-16,24H,2-3,7-12,14H2,1H3. The normalized spacial score (nSPS) is 15.9. The lowest BCUT2D eigenvalue weighted by Gasteiger charge is -2.36. The second-order valence-corrected chi connectivity index (χ2v) is 7.28. The number of hydrogen-bond donors (Lipinski definition) is 1. The largest absolute Gasteiger partial charge is 0.416 e. The van der Waals surface area contributed by atoms with Gasteiger partial charge in [0.15, 0.2) is 0 Å². The molecule has 0 spiro atoms. The number of halogens is 3. The summed E-state index contributed by atoms with van der Waals surface area (Å²) in [7, 11) is 1.91. The van der Waals surface area contributed by atoms with Crippen molar-refractivity contribution in [2.75, 3.05) is 44.2 Å². The molecule has 0 saturated carbocycles. The van der Waals surface area contributed by atoms with Gasteiger partial charge in [-0.3, -0.25) is 9.58 Å². The summed E-state index contributed by atoms with van der Waals surface area (Å²) in [5.74, 6) is 0. The molecule has 1 aromatic carbocycles. The number of rotatable bonds is 8. The molecule has 0 atom stereocenters. The van der Waals surface area contributed by atoms with Crippen molar-refractivity contribution in [3.05, 3.63) is 47.8 Å². The van der Waals surface area contributed by atoms with Gasteiger partial charge in [0.2, 0.25) is 0 Å². The third kappa shape index (κ3) is 5.97. The first-order chi connectivity index (χ1) is 13.4. The topological polar surface area (TPSA) is 36.3 Å². The molecule has 8 heteroatoms. The number of benzene rings is 1. The first-order valence-corrected chi connectivity index (χ1v) is 9.74. The molecule has 2 heterocycles. The molecule has 3 rings (SSSR count). The van der Waals surface area contributed by atoms with Crippen molar-refractivity contribution >= 4 is 5.69 Å². The predicted molar refractivity (Wildman–Crippen MR) is 104 cm³/mol. The van der Waals surface area contributed by atoms with Crippen LogP contribution >= 0.6 is 0 Å². The van der Waals surface area contributed by atoms with Crippen molar-refractivity contribution in [2.24, 2.45) is 7.05 Å². The SMILES string of the molecule is Cn1cc(CNCCCCN2CCN(c3cccc(C(F)(F)F)c3)CC2)cn1. The molecule has 1 N–H and O–H groups in total. The summed E-state index contributed by atoms with van der Waals surface area (Å²) >= 11 is 0. The molecular weight excluding hydrogens is 367 g/mol. The molecule has 1 aromatic heterocycles. The number of piperazine rings is 1. The van der Waals surface area contributed by atoms with Crippen LogP contribution in [0, 0.1) is 0 Å². The molecule has 1 fully saturated rings. The molecule has 1 aliphatic rings. The second-order valence-electron chi connectivity index (χ2n) is 7.28. The number of hydrogen-bond acceptors (Lipinski definition) is 4. The third-order valence-electron chi connectivity index (χ3n) is 5.08. The molecule has 1 saturated heterocycles. The van der Waals surface area contributed by atoms with Gasteiger partial charge in [0.05, 0.1) is 11.8 Å². The van der Waals surface area contributed by atoms with Crippen molar-refractivity contribution in [1.82, 2.24) is 20.0 Å². The Morgan fingerprint density at radius 1 is 1.11 bits per heavy atom. The highest BCUT2D eigenvalue weighted by atomic mass is 19.4. The van der Waals surface area contributed by atoms with Crippen molar-refractivity contribution in [3.8, 4) is 0 Å². The van der Waals surface area contributed by atoms with Crippen molar-refractivity contribution in [1.29, 1.82) is 0 Å². The summed E-state index contributed by atoms with van der Waals surface area (Å²) in [6.45, 7) is 6.15. The molecule has 1 aliphatic heterocycles. The summed E-state index contributed by atoms with van der Waals surface area (Å²) in [5.41, 5.74) is 1.27. The van der Waals surface area contributed by atoms with Crippen LogP contribution in [0.5, 0.6) is 0 Å². The van der Waals surface area contributed by atoms with E-state index in [2.05, 4.69) is 15.3 Å². The molecule has 0 amide bonds. The number of unbranched alkanes of at least 4 members (excludes halogenated alkanes) is 1. The number of nitrogens with one attached hydrogen (secondary N) is 1. The Morgan fingerprint density at radius 3 is 2.57 bits per heavy atom. The van der Waals surface area contributed by atoms with Gasteiger partial charge in [-0.2, -0.15) is 18.3 Å². The maximum Gasteiger partial charge on any atom is 0.416 e. The Kier molecular flexibility index (Phi) is 6.96. The Balaban J connectivity index is 1.32. The fraction of sp³-hybridized carbons (Fsp3) is 0.550. The van der Waals surface area contributed by atoms with Crippen LogP contribution < -0.4 is 10.2 Å². The molecule has 0 radical (unpaired) electrons. The minimum Gasteiger partial charge on any atom is -0.369 e. The monoisotopic (exact) mass is 395 g/mol. The van der Waals surface area contributed by atoms with Gasteiger partial charge in [0.25, 0.3) is 0 Å². The minimum absolute atomic E-state index is 0.578. The zero-order chi connectivity index (χ0) is 20.0. The lowest BCUT2D eigenvalue weighted by Crippen LogP contribution is -2.46. The number of anilines is 1. The zero-order valence-electron chi connectivity index (χ0n) is 16.3. The smallest absolute Gasteiger partial charge is 0.369 e. The van der Waals surface area contributed by atoms with Crippen molar-refractivity contribution in [3.63, 3.8) is 0 Å². The van der Waals surface area contributed by atoms with Crippen LogP contribution in [0.25, 0.3) is 0 Å². The number of nitrogens with zero attached hydrogens (tertiary/aromatic N) is 4. The Labute approximate surface area is 164 Å². The fourth-order valence-corrected chi connectivity index (χ4v) is 3.49. The number of aromatic nitrogens is 2. The zero-order valence-corrected chi connectivity index (χ0v) is 16.3. The van der Waals surface area contributed by atoms with Gasteiger partial charge in [0.1, 0.15) is 0 Å². The van der Waals surface area contributed by atoms with Crippen molar-refractivity contribution in [2.45, 2.75) is 25.6 Å². The van der Waals surface area contributed by atoms with E-state index in [4.69, 9.17) is 0 Å². The van der Waals surface area contributed by atoms with E-state index in [1.807, 2.05) is 24.3 Å². The molecule has 2 aromatic rings. The van der Waals surface area contributed by atoms with Gasteiger partial charge in [0, 0.05) is 57.2 Å². The molecule has 5 nitrogen and oxygen atoms in total. The third-order valence-corrected chi connectivity index (χ3v) is 5.08. The molecule has 28 heavy (non-hydrogen) atoms. The van der Waals surface area contributed by atoms with Gasteiger partial charge in [-0.1, -0.05) is 6.07 Å². The van der Waals surface area contributed by atoms with Crippen LogP contribution in [0.15, 0.2) is 36.7 Å². The van der Waals surface area contributed by atoms with Gasteiger partial charge < -0.3 is 10.2 Å². The summed E-state index contributed by atoms with van der Waals surface area (Å²) in [6, 6.07) is 5.63. The summed E-state index contributed by atoms with van der Waals surface area (Å²) in [4.78, 5) is 4.44. The Morgan fingerprint density at radius 2 is 1.89 bits per heavy atom. The minimum atomic E-state index is -4.29. The highest BCUT2D eigenvalue weighted by Crippen LogP contribution is 2.31. The van der Waals surface area contributed by atoms with Gasteiger partial charge in [-0.25, -0.2) is 0 Å². The molecule has 0 aliphatic carbocycles. The average Bonchev–Trinajstić information content (AvgIpc) is 3.09. The van der Waals surface area contributed by atoms with E-state index in [9.17, 15) is 13.2 Å². The lowest BCUT2D eigenvalue weighted by molar-refractivity contribution is -0.137. The lowest BCUT2D eigenvalue weighted by atomic mass is 10.1. The summed E-state index contributed by atoms with van der Waals surface area (Å²) in [6.07, 6.45) is 1.81. The summed E-state index contributed by atoms with van der Waals surface area (Å²) in [5, 5.41) is 7.57. The van der Waals surface area contributed by atoms with Crippen LogP contribution in [0.1, 0.15) is 24.0 Å². The van der Waals surface area contributed by atoms with E-state index >= 15 is 0 Å². The van der Waals surface area contributed by atoms with E-state index in [1.54, 1.807) is 10.7 Å². The quantitative estimate of drug-likeness (QED) is 0.697. The van der Waals surface area contributed by atoms with Gasteiger partial charge >= 0.3 is 6.18 Å². The summed E-state index contributed by atoms with van der Waals surface area (Å²) < 4.78 is 40.5. The first-order valence-electron chi connectivity index (χ1n) is 9.74. The average molecular weight is 395 g/mol.